The summed E-state index contributed by atoms with van der Waals surface area (Å²) >= 11 is 12.1. The Balaban J connectivity index is 1.59. The zero-order valence-corrected chi connectivity index (χ0v) is 14.4. The normalized spacial score (nSPS) is 21.4. The first kappa shape index (κ1) is 16.8. The Kier molecular flexibility index (Phi) is 5.01. The molecule has 5 nitrogen and oxygen atoms in total. The smallest absolute Gasteiger partial charge is 0.263 e. The monoisotopic (exact) mass is 359 g/mol. The van der Waals surface area contributed by atoms with E-state index in [-0.39, 0.29) is 5.91 Å². The Hall–Kier alpha value is -1.01. The van der Waals surface area contributed by atoms with E-state index in [1.54, 1.807) is 30.0 Å². The zero-order valence-electron chi connectivity index (χ0n) is 12.9. The molecule has 1 spiro atoms. The lowest BCUT2D eigenvalue weighted by molar-refractivity contribution is -0.188. The van der Waals surface area contributed by atoms with Gasteiger partial charge in [0.25, 0.3) is 5.91 Å². The summed E-state index contributed by atoms with van der Waals surface area (Å²) in [5, 5.41) is 0.721. The molecule has 0 N–H and O–H groups in total. The number of carbonyl (C=O) groups excluding carboxylic acids is 1. The van der Waals surface area contributed by atoms with E-state index in [4.69, 9.17) is 37.4 Å². The first-order valence-electron chi connectivity index (χ1n) is 7.68. The lowest BCUT2D eigenvalue weighted by Gasteiger charge is -2.38. The molecule has 2 fully saturated rings. The van der Waals surface area contributed by atoms with E-state index >= 15 is 0 Å². The van der Waals surface area contributed by atoms with E-state index in [1.165, 1.54) is 0 Å². The van der Waals surface area contributed by atoms with E-state index in [0.29, 0.717) is 54.9 Å². The molecule has 3 rings (SSSR count). The van der Waals surface area contributed by atoms with Crippen molar-refractivity contribution in [2.75, 3.05) is 26.3 Å². The van der Waals surface area contributed by atoms with Crippen LogP contribution >= 0.6 is 23.2 Å². The number of halogens is 2. The van der Waals surface area contributed by atoms with E-state index in [0.717, 1.165) is 0 Å². The Labute approximate surface area is 145 Å². The predicted molar refractivity (Wildman–Crippen MR) is 87.0 cm³/mol. The minimum absolute atomic E-state index is 0.0751. The summed E-state index contributed by atoms with van der Waals surface area (Å²) in [5.74, 6) is -0.151. The number of piperidine rings is 1. The third kappa shape index (κ3) is 3.58. The minimum Gasteiger partial charge on any atom is -0.479 e. The van der Waals surface area contributed by atoms with Crippen LogP contribution in [0.5, 0.6) is 5.75 Å². The number of likely N-dealkylation sites (tertiary alicyclic amines) is 1. The van der Waals surface area contributed by atoms with Gasteiger partial charge in [-0.1, -0.05) is 29.3 Å². The second kappa shape index (κ2) is 6.85. The van der Waals surface area contributed by atoms with Gasteiger partial charge in [-0.15, -0.1) is 0 Å². The molecular formula is C16H19Cl2NO4. The van der Waals surface area contributed by atoms with Crippen molar-refractivity contribution in [2.45, 2.75) is 31.7 Å². The number of carbonyl (C=O) groups is 1. The fraction of sp³-hybridized carbons (Fsp3) is 0.562. The number of ether oxygens (including phenoxy) is 3. The molecule has 0 radical (unpaired) electrons. The van der Waals surface area contributed by atoms with Crippen LogP contribution in [0.1, 0.15) is 19.8 Å². The predicted octanol–water partition coefficient (Wildman–Crippen LogP) is 3.13. The molecule has 0 aromatic heterocycles. The summed E-state index contributed by atoms with van der Waals surface area (Å²) in [7, 11) is 0. The van der Waals surface area contributed by atoms with Crippen LogP contribution in [0.3, 0.4) is 0 Å². The standard InChI is InChI=1S/C16H19Cl2NO4/c1-11(23-13-4-2-3-12(17)14(13)18)15(20)19-7-5-16(6-8-19)21-9-10-22-16/h2-4,11H,5-10H2,1H3. The maximum Gasteiger partial charge on any atom is 0.263 e. The van der Waals surface area contributed by atoms with Gasteiger partial charge in [0, 0.05) is 25.9 Å². The molecule has 2 heterocycles. The van der Waals surface area contributed by atoms with E-state index in [1.807, 2.05) is 0 Å². The van der Waals surface area contributed by atoms with Crippen molar-refractivity contribution in [2.24, 2.45) is 0 Å². The van der Waals surface area contributed by atoms with Gasteiger partial charge in [-0.25, -0.2) is 0 Å². The van der Waals surface area contributed by atoms with E-state index in [9.17, 15) is 4.79 Å². The van der Waals surface area contributed by atoms with Gasteiger partial charge >= 0.3 is 0 Å². The lowest BCUT2D eigenvalue weighted by Crippen LogP contribution is -2.50. The van der Waals surface area contributed by atoms with Crippen LogP contribution in [0, 0.1) is 0 Å². The van der Waals surface area contributed by atoms with Crippen molar-refractivity contribution >= 4 is 29.1 Å². The van der Waals surface area contributed by atoms with Crippen molar-refractivity contribution < 1.29 is 19.0 Å². The van der Waals surface area contributed by atoms with Gasteiger partial charge in [0.05, 0.1) is 18.2 Å². The second-order valence-corrected chi connectivity index (χ2v) is 6.53. The Morgan fingerprint density at radius 3 is 2.57 bits per heavy atom. The molecule has 1 aromatic rings. The number of nitrogens with zero attached hydrogens (tertiary/aromatic N) is 1. The molecule has 0 saturated carbocycles. The molecule has 1 aromatic carbocycles. The van der Waals surface area contributed by atoms with Crippen molar-refractivity contribution in [3.63, 3.8) is 0 Å². The van der Waals surface area contributed by atoms with Crippen LogP contribution < -0.4 is 4.74 Å². The summed E-state index contributed by atoms with van der Waals surface area (Å²) in [5.41, 5.74) is 0. The molecular weight excluding hydrogens is 341 g/mol. The molecule has 2 aliphatic heterocycles. The topological polar surface area (TPSA) is 48.0 Å². The van der Waals surface area contributed by atoms with Gasteiger partial charge in [-0.05, 0) is 19.1 Å². The van der Waals surface area contributed by atoms with Crippen LogP contribution in [0.15, 0.2) is 18.2 Å². The van der Waals surface area contributed by atoms with Gasteiger partial charge in [-0.3, -0.25) is 4.79 Å². The van der Waals surface area contributed by atoms with E-state index in [2.05, 4.69) is 0 Å². The number of hydrogen-bond acceptors (Lipinski definition) is 4. The van der Waals surface area contributed by atoms with Gasteiger partial charge in [0.2, 0.25) is 0 Å². The Bertz CT molecular complexity index is 579. The highest BCUT2D eigenvalue weighted by atomic mass is 35.5. The zero-order chi connectivity index (χ0) is 16.4. The molecule has 1 atom stereocenters. The van der Waals surface area contributed by atoms with Crippen LogP contribution in [-0.4, -0.2) is 49.0 Å². The molecule has 0 bridgehead atoms. The summed E-state index contributed by atoms with van der Waals surface area (Å²) in [4.78, 5) is 14.3. The minimum atomic E-state index is -0.634. The molecule has 2 saturated heterocycles. The third-order valence-corrected chi connectivity index (χ3v) is 5.02. The average molecular weight is 360 g/mol. The lowest BCUT2D eigenvalue weighted by atomic mass is 10.0. The van der Waals surface area contributed by atoms with E-state index < -0.39 is 11.9 Å². The van der Waals surface area contributed by atoms with Crippen molar-refractivity contribution in [1.29, 1.82) is 0 Å². The summed E-state index contributed by atoms with van der Waals surface area (Å²) < 4.78 is 17.0. The maximum atomic E-state index is 12.5. The fourth-order valence-corrected chi connectivity index (χ4v) is 3.26. The average Bonchev–Trinajstić information content (AvgIpc) is 3.00. The molecule has 2 aliphatic rings. The molecule has 7 heteroatoms. The Morgan fingerprint density at radius 2 is 1.91 bits per heavy atom. The maximum absolute atomic E-state index is 12.5. The number of benzene rings is 1. The first-order valence-corrected chi connectivity index (χ1v) is 8.44. The highest BCUT2D eigenvalue weighted by Gasteiger charge is 2.41. The summed E-state index contributed by atoms with van der Waals surface area (Å²) in [6.45, 7) is 4.15. The summed E-state index contributed by atoms with van der Waals surface area (Å²) in [6.07, 6.45) is 0.734. The van der Waals surface area contributed by atoms with Crippen molar-refractivity contribution in [1.82, 2.24) is 4.90 Å². The molecule has 1 amide bonds. The highest BCUT2D eigenvalue weighted by molar-refractivity contribution is 6.42. The highest BCUT2D eigenvalue weighted by Crippen LogP contribution is 2.33. The largest absolute Gasteiger partial charge is 0.479 e. The summed E-state index contributed by atoms with van der Waals surface area (Å²) in [6, 6.07) is 5.11. The third-order valence-electron chi connectivity index (χ3n) is 4.22. The SMILES string of the molecule is CC(Oc1cccc(Cl)c1Cl)C(=O)N1CCC2(CC1)OCCO2. The first-order chi connectivity index (χ1) is 11.0. The van der Waals surface area contributed by atoms with Gasteiger partial charge < -0.3 is 19.1 Å². The molecule has 23 heavy (non-hydrogen) atoms. The number of rotatable bonds is 3. The van der Waals surface area contributed by atoms with Crippen LogP contribution in [0.4, 0.5) is 0 Å². The van der Waals surface area contributed by atoms with Crippen LogP contribution in [0.25, 0.3) is 0 Å². The number of amides is 1. The van der Waals surface area contributed by atoms with Gasteiger partial charge in [-0.2, -0.15) is 0 Å². The van der Waals surface area contributed by atoms with Crippen molar-refractivity contribution in [3.8, 4) is 5.75 Å². The van der Waals surface area contributed by atoms with Crippen LogP contribution in [-0.2, 0) is 14.3 Å². The fourth-order valence-electron chi connectivity index (χ4n) is 2.93. The number of hydrogen-bond donors (Lipinski definition) is 0. The van der Waals surface area contributed by atoms with Crippen LogP contribution in [0.2, 0.25) is 10.0 Å². The molecule has 0 aliphatic carbocycles. The molecule has 126 valence electrons. The van der Waals surface area contributed by atoms with Gasteiger partial charge in [0.1, 0.15) is 10.8 Å². The Morgan fingerprint density at radius 1 is 1.26 bits per heavy atom. The quantitative estimate of drug-likeness (QED) is 0.831. The van der Waals surface area contributed by atoms with Gasteiger partial charge in [0.15, 0.2) is 11.9 Å². The second-order valence-electron chi connectivity index (χ2n) is 5.74. The molecule has 1 unspecified atom stereocenters. The van der Waals surface area contributed by atoms with Crippen molar-refractivity contribution in [3.05, 3.63) is 28.2 Å².